The summed E-state index contributed by atoms with van der Waals surface area (Å²) < 4.78 is 11.1. The molecule has 0 radical (unpaired) electrons. The van der Waals surface area contributed by atoms with E-state index in [-0.39, 0.29) is 6.10 Å². The first kappa shape index (κ1) is 14.8. The summed E-state index contributed by atoms with van der Waals surface area (Å²) in [6.45, 7) is 9.24. The minimum atomic E-state index is 0.156. The Bertz CT molecular complexity index is 364. The Labute approximate surface area is 110 Å². The van der Waals surface area contributed by atoms with Crippen LogP contribution >= 0.6 is 0 Å². The van der Waals surface area contributed by atoms with Crippen molar-refractivity contribution in [1.29, 1.82) is 0 Å². The predicted molar refractivity (Wildman–Crippen MR) is 75.4 cm³/mol. The molecule has 3 nitrogen and oxygen atoms in total. The number of hydrogen-bond acceptors (Lipinski definition) is 3. The maximum absolute atomic E-state index is 5.69. The van der Waals surface area contributed by atoms with Crippen molar-refractivity contribution < 1.29 is 9.47 Å². The van der Waals surface area contributed by atoms with Gasteiger partial charge in [-0.1, -0.05) is 13.0 Å². The Balaban J connectivity index is 2.72. The maximum Gasteiger partial charge on any atom is 0.161 e. The number of hydrogen-bond donors (Lipinski definition) is 1. The van der Waals surface area contributed by atoms with Crippen LogP contribution in [0.5, 0.6) is 11.5 Å². The highest BCUT2D eigenvalue weighted by molar-refractivity contribution is 5.43. The average Bonchev–Trinajstić information content (AvgIpc) is 2.36. The zero-order valence-electron chi connectivity index (χ0n) is 12.1. The lowest BCUT2D eigenvalue weighted by Crippen LogP contribution is -2.24. The fourth-order valence-corrected chi connectivity index (χ4v) is 1.61. The monoisotopic (exact) mass is 251 g/mol. The molecule has 0 aliphatic rings. The van der Waals surface area contributed by atoms with Gasteiger partial charge in [0.25, 0.3) is 0 Å². The van der Waals surface area contributed by atoms with Gasteiger partial charge in [0, 0.05) is 12.6 Å². The molecule has 1 rings (SSSR count). The molecule has 0 aliphatic heterocycles. The van der Waals surface area contributed by atoms with Crippen LogP contribution in [-0.2, 0) is 6.54 Å². The fourth-order valence-electron chi connectivity index (χ4n) is 1.61. The SMILES string of the molecule is CC[C@@H](C)NCc1ccc(OC(C)C)c(OC)c1. The summed E-state index contributed by atoms with van der Waals surface area (Å²) in [5.74, 6) is 1.60. The summed E-state index contributed by atoms with van der Waals surface area (Å²) in [4.78, 5) is 0. The van der Waals surface area contributed by atoms with Crippen molar-refractivity contribution in [2.45, 2.75) is 52.8 Å². The third-order valence-electron chi connectivity index (χ3n) is 2.86. The van der Waals surface area contributed by atoms with Gasteiger partial charge in [-0.25, -0.2) is 0 Å². The van der Waals surface area contributed by atoms with Crippen molar-refractivity contribution in [3.05, 3.63) is 23.8 Å². The average molecular weight is 251 g/mol. The molecule has 1 atom stereocenters. The lowest BCUT2D eigenvalue weighted by molar-refractivity contribution is 0.230. The summed E-state index contributed by atoms with van der Waals surface area (Å²) in [6.07, 6.45) is 1.29. The van der Waals surface area contributed by atoms with E-state index in [1.54, 1.807) is 7.11 Å². The summed E-state index contributed by atoms with van der Waals surface area (Å²) in [7, 11) is 1.67. The molecule has 0 saturated carbocycles. The molecular weight excluding hydrogens is 226 g/mol. The third-order valence-corrected chi connectivity index (χ3v) is 2.86. The predicted octanol–water partition coefficient (Wildman–Crippen LogP) is 3.37. The number of rotatable bonds is 7. The molecule has 0 aliphatic carbocycles. The minimum Gasteiger partial charge on any atom is -0.493 e. The van der Waals surface area contributed by atoms with Gasteiger partial charge in [0.05, 0.1) is 13.2 Å². The number of ether oxygens (including phenoxy) is 2. The number of methoxy groups -OCH3 is 1. The van der Waals surface area contributed by atoms with E-state index in [0.29, 0.717) is 6.04 Å². The van der Waals surface area contributed by atoms with Crippen molar-refractivity contribution in [3.8, 4) is 11.5 Å². The van der Waals surface area contributed by atoms with Gasteiger partial charge < -0.3 is 14.8 Å². The molecule has 0 saturated heterocycles. The van der Waals surface area contributed by atoms with Crippen LogP contribution < -0.4 is 14.8 Å². The Hall–Kier alpha value is -1.22. The molecule has 1 aromatic carbocycles. The van der Waals surface area contributed by atoms with Crippen LogP contribution in [0.3, 0.4) is 0 Å². The molecule has 0 heterocycles. The van der Waals surface area contributed by atoms with Gasteiger partial charge in [0.1, 0.15) is 0 Å². The molecule has 0 spiro atoms. The van der Waals surface area contributed by atoms with Gasteiger partial charge in [-0.3, -0.25) is 0 Å². The first-order valence-corrected chi connectivity index (χ1v) is 6.63. The van der Waals surface area contributed by atoms with Crippen molar-refractivity contribution in [2.24, 2.45) is 0 Å². The summed E-state index contributed by atoms with van der Waals surface area (Å²) in [6, 6.07) is 6.62. The van der Waals surface area contributed by atoms with Crippen LogP contribution in [0, 0.1) is 0 Å². The third kappa shape index (κ3) is 4.57. The van der Waals surface area contributed by atoms with Crippen molar-refractivity contribution in [1.82, 2.24) is 5.32 Å². The normalized spacial score (nSPS) is 12.6. The van der Waals surface area contributed by atoms with Crippen LogP contribution in [0.4, 0.5) is 0 Å². The number of benzene rings is 1. The standard InChI is InChI=1S/C15H25NO2/c1-6-12(4)16-10-13-7-8-14(18-11(2)3)15(9-13)17-5/h7-9,11-12,16H,6,10H2,1-5H3/t12-/m1/s1. The van der Waals surface area contributed by atoms with Crippen LogP contribution in [0.1, 0.15) is 39.7 Å². The van der Waals surface area contributed by atoms with Crippen LogP contribution in [-0.4, -0.2) is 19.3 Å². The van der Waals surface area contributed by atoms with E-state index in [2.05, 4.69) is 25.2 Å². The van der Waals surface area contributed by atoms with Crippen molar-refractivity contribution >= 4 is 0 Å². The summed E-state index contributed by atoms with van der Waals surface area (Å²) in [5.41, 5.74) is 1.21. The van der Waals surface area contributed by atoms with Crippen molar-refractivity contribution in [3.63, 3.8) is 0 Å². The Morgan fingerprint density at radius 1 is 1.17 bits per heavy atom. The van der Waals surface area contributed by atoms with E-state index < -0.39 is 0 Å². The highest BCUT2D eigenvalue weighted by Gasteiger charge is 2.07. The van der Waals surface area contributed by atoms with Crippen LogP contribution in [0.2, 0.25) is 0 Å². The molecule has 1 aromatic rings. The van der Waals surface area contributed by atoms with E-state index in [4.69, 9.17) is 9.47 Å². The van der Waals surface area contributed by atoms with Crippen LogP contribution in [0.15, 0.2) is 18.2 Å². The number of nitrogens with one attached hydrogen (secondary N) is 1. The topological polar surface area (TPSA) is 30.5 Å². The molecule has 3 heteroatoms. The lowest BCUT2D eigenvalue weighted by atomic mass is 10.1. The Kier molecular flexibility index (Phi) is 5.99. The molecule has 1 N–H and O–H groups in total. The van der Waals surface area contributed by atoms with E-state index in [1.807, 2.05) is 26.0 Å². The quantitative estimate of drug-likeness (QED) is 0.806. The molecule has 0 bridgehead atoms. The second-order valence-corrected chi connectivity index (χ2v) is 4.84. The smallest absolute Gasteiger partial charge is 0.161 e. The van der Waals surface area contributed by atoms with Crippen LogP contribution in [0.25, 0.3) is 0 Å². The van der Waals surface area contributed by atoms with E-state index in [9.17, 15) is 0 Å². The lowest BCUT2D eigenvalue weighted by Gasteiger charge is -2.16. The Morgan fingerprint density at radius 3 is 2.44 bits per heavy atom. The summed E-state index contributed by atoms with van der Waals surface area (Å²) in [5, 5.41) is 3.46. The minimum absolute atomic E-state index is 0.156. The van der Waals surface area contributed by atoms with Gasteiger partial charge in [-0.05, 0) is 44.9 Å². The second kappa shape index (κ2) is 7.27. The zero-order valence-corrected chi connectivity index (χ0v) is 12.1. The fraction of sp³-hybridized carbons (Fsp3) is 0.600. The van der Waals surface area contributed by atoms with Crippen molar-refractivity contribution in [2.75, 3.05) is 7.11 Å². The van der Waals surface area contributed by atoms with Gasteiger partial charge in [0.15, 0.2) is 11.5 Å². The Morgan fingerprint density at radius 2 is 1.89 bits per heavy atom. The van der Waals surface area contributed by atoms with Gasteiger partial charge >= 0.3 is 0 Å². The maximum atomic E-state index is 5.69. The highest BCUT2D eigenvalue weighted by atomic mass is 16.5. The summed E-state index contributed by atoms with van der Waals surface area (Å²) >= 11 is 0. The molecule has 0 amide bonds. The van der Waals surface area contributed by atoms with E-state index in [1.165, 1.54) is 5.56 Å². The molecule has 102 valence electrons. The highest BCUT2D eigenvalue weighted by Crippen LogP contribution is 2.28. The second-order valence-electron chi connectivity index (χ2n) is 4.84. The van der Waals surface area contributed by atoms with E-state index >= 15 is 0 Å². The molecule has 0 fully saturated rings. The first-order chi connectivity index (χ1) is 8.56. The molecular formula is C15H25NO2. The van der Waals surface area contributed by atoms with Gasteiger partial charge in [-0.15, -0.1) is 0 Å². The van der Waals surface area contributed by atoms with Gasteiger partial charge in [-0.2, -0.15) is 0 Å². The van der Waals surface area contributed by atoms with E-state index in [0.717, 1.165) is 24.5 Å². The molecule has 0 aromatic heterocycles. The molecule has 0 unspecified atom stereocenters. The molecule has 18 heavy (non-hydrogen) atoms. The van der Waals surface area contributed by atoms with Gasteiger partial charge in [0.2, 0.25) is 0 Å². The first-order valence-electron chi connectivity index (χ1n) is 6.63. The largest absolute Gasteiger partial charge is 0.493 e. The zero-order chi connectivity index (χ0) is 13.5.